The van der Waals surface area contributed by atoms with E-state index in [1.165, 1.54) is 6.08 Å². The Morgan fingerprint density at radius 1 is 1.14 bits per heavy atom. The summed E-state index contributed by atoms with van der Waals surface area (Å²) < 4.78 is 6.52. The number of urea groups is 1. The van der Waals surface area contributed by atoms with Crippen LogP contribution in [0.25, 0.3) is 6.08 Å². The Hall–Kier alpha value is -2.93. The number of anilines is 1. The summed E-state index contributed by atoms with van der Waals surface area (Å²) in [5, 5.41) is 2.24. The number of amides is 4. The molecule has 4 amide bonds. The maximum absolute atomic E-state index is 13.0. The first-order valence-electron chi connectivity index (χ1n) is 8.81. The number of carbonyl (C=O) groups excluding carboxylic acids is 3. The molecule has 28 heavy (non-hydrogen) atoms. The van der Waals surface area contributed by atoms with Gasteiger partial charge >= 0.3 is 6.03 Å². The SMILES string of the molecule is CCCOc1ccccc1/C=C1\C(=O)NC(=O)N(c2ccc(Br)cc2C)C1=O. The Labute approximate surface area is 171 Å². The maximum atomic E-state index is 13.0. The third kappa shape index (κ3) is 3.99. The highest BCUT2D eigenvalue weighted by Crippen LogP contribution is 2.28. The Bertz CT molecular complexity index is 984. The summed E-state index contributed by atoms with van der Waals surface area (Å²) in [6.07, 6.45) is 2.28. The second-order valence-electron chi connectivity index (χ2n) is 6.27. The minimum Gasteiger partial charge on any atom is -0.493 e. The summed E-state index contributed by atoms with van der Waals surface area (Å²) >= 11 is 3.36. The molecular weight excluding hydrogens is 424 g/mol. The Kier molecular flexibility index (Phi) is 5.94. The molecule has 1 aliphatic heterocycles. The molecule has 7 heteroatoms. The van der Waals surface area contributed by atoms with E-state index in [9.17, 15) is 14.4 Å². The predicted molar refractivity (Wildman–Crippen MR) is 110 cm³/mol. The topological polar surface area (TPSA) is 75.7 Å². The largest absolute Gasteiger partial charge is 0.493 e. The smallest absolute Gasteiger partial charge is 0.335 e. The summed E-state index contributed by atoms with van der Waals surface area (Å²) in [4.78, 5) is 38.7. The van der Waals surface area contributed by atoms with Crippen LogP contribution < -0.4 is 15.0 Å². The van der Waals surface area contributed by atoms with E-state index in [0.29, 0.717) is 23.6 Å². The predicted octanol–water partition coefficient (Wildman–Crippen LogP) is 4.21. The van der Waals surface area contributed by atoms with Crippen LogP contribution in [0.3, 0.4) is 0 Å². The van der Waals surface area contributed by atoms with Gasteiger partial charge in [-0.3, -0.25) is 14.9 Å². The molecule has 3 rings (SSSR count). The highest BCUT2D eigenvalue weighted by Gasteiger charge is 2.37. The maximum Gasteiger partial charge on any atom is 0.335 e. The summed E-state index contributed by atoms with van der Waals surface area (Å²) in [5.41, 5.74) is 1.60. The van der Waals surface area contributed by atoms with Crippen molar-refractivity contribution in [3.8, 4) is 5.75 Å². The molecule has 0 atom stereocenters. The quantitative estimate of drug-likeness (QED) is 0.555. The molecule has 0 radical (unpaired) electrons. The fourth-order valence-electron chi connectivity index (χ4n) is 2.84. The number of ether oxygens (including phenoxy) is 1. The monoisotopic (exact) mass is 442 g/mol. The van der Waals surface area contributed by atoms with Gasteiger partial charge in [0.2, 0.25) is 0 Å². The molecule has 1 N–H and O–H groups in total. The summed E-state index contributed by atoms with van der Waals surface area (Å²) in [5.74, 6) is -0.837. The van der Waals surface area contributed by atoms with E-state index in [1.807, 2.05) is 13.0 Å². The van der Waals surface area contributed by atoms with Crippen LogP contribution in [-0.4, -0.2) is 24.5 Å². The lowest BCUT2D eigenvalue weighted by atomic mass is 10.1. The molecule has 1 saturated heterocycles. The highest BCUT2D eigenvalue weighted by atomic mass is 79.9. The molecule has 0 unspecified atom stereocenters. The number of rotatable bonds is 5. The molecule has 1 aliphatic rings. The van der Waals surface area contributed by atoms with Crippen molar-refractivity contribution >= 4 is 45.5 Å². The van der Waals surface area contributed by atoms with Crippen molar-refractivity contribution in [2.45, 2.75) is 20.3 Å². The van der Waals surface area contributed by atoms with Crippen LogP contribution in [0.5, 0.6) is 5.75 Å². The number of halogens is 1. The first-order valence-corrected chi connectivity index (χ1v) is 9.61. The second kappa shape index (κ2) is 8.39. The Morgan fingerprint density at radius 3 is 2.61 bits per heavy atom. The molecule has 2 aromatic rings. The van der Waals surface area contributed by atoms with Crippen molar-refractivity contribution in [3.05, 3.63) is 63.6 Å². The molecule has 0 aromatic heterocycles. The number of imide groups is 2. The van der Waals surface area contributed by atoms with Gasteiger partial charge in [0.25, 0.3) is 11.8 Å². The molecule has 1 fully saturated rings. The average Bonchev–Trinajstić information content (AvgIpc) is 2.65. The first kappa shape index (κ1) is 19.8. The van der Waals surface area contributed by atoms with Crippen molar-refractivity contribution in [2.24, 2.45) is 0 Å². The minimum absolute atomic E-state index is 0.130. The Balaban J connectivity index is 2.02. The van der Waals surface area contributed by atoms with Crippen LogP contribution in [0.2, 0.25) is 0 Å². The van der Waals surface area contributed by atoms with E-state index in [1.54, 1.807) is 43.3 Å². The van der Waals surface area contributed by atoms with E-state index in [0.717, 1.165) is 21.4 Å². The van der Waals surface area contributed by atoms with E-state index in [-0.39, 0.29) is 5.57 Å². The van der Waals surface area contributed by atoms with E-state index >= 15 is 0 Å². The van der Waals surface area contributed by atoms with Crippen LogP contribution in [-0.2, 0) is 9.59 Å². The molecule has 2 aromatic carbocycles. The third-order valence-corrected chi connectivity index (χ3v) is 4.68. The number of nitrogens with zero attached hydrogens (tertiary/aromatic N) is 1. The standard InChI is InChI=1S/C21H19BrN2O4/c1-3-10-28-18-7-5-4-6-14(18)12-16-19(25)23-21(27)24(20(16)26)17-9-8-15(22)11-13(17)2/h4-9,11-12H,3,10H2,1-2H3,(H,23,25,27)/b16-12+. The molecule has 144 valence electrons. The lowest BCUT2D eigenvalue weighted by Gasteiger charge is -2.27. The lowest BCUT2D eigenvalue weighted by molar-refractivity contribution is -0.122. The fraction of sp³-hybridized carbons (Fsp3) is 0.190. The van der Waals surface area contributed by atoms with Gasteiger partial charge in [0.15, 0.2) is 0 Å². The highest BCUT2D eigenvalue weighted by molar-refractivity contribution is 9.10. The molecule has 0 aliphatic carbocycles. The minimum atomic E-state index is -0.770. The van der Waals surface area contributed by atoms with Crippen molar-refractivity contribution in [2.75, 3.05) is 11.5 Å². The molecule has 0 saturated carbocycles. The van der Waals surface area contributed by atoms with Gasteiger partial charge in [0.05, 0.1) is 12.3 Å². The fourth-order valence-corrected chi connectivity index (χ4v) is 3.32. The second-order valence-corrected chi connectivity index (χ2v) is 7.19. The molecule has 0 spiro atoms. The van der Waals surface area contributed by atoms with Gasteiger partial charge in [-0.25, -0.2) is 9.69 Å². The molecular formula is C21H19BrN2O4. The van der Waals surface area contributed by atoms with Gasteiger partial charge in [-0.2, -0.15) is 0 Å². The molecule has 1 heterocycles. The number of benzene rings is 2. The van der Waals surface area contributed by atoms with Crippen molar-refractivity contribution in [1.29, 1.82) is 0 Å². The number of aryl methyl sites for hydroxylation is 1. The van der Waals surface area contributed by atoms with E-state index in [2.05, 4.69) is 21.2 Å². The van der Waals surface area contributed by atoms with Gasteiger partial charge in [-0.1, -0.05) is 41.1 Å². The lowest BCUT2D eigenvalue weighted by Crippen LogP contribution is -2.54. The van der Waals surface area contributed by atoms with Gasteiger partial charge in [0, 0.05) is 10.0 Å². The average molecular weight is 443 g/mol. The Morgan fingerprint density at radius 2 is 1.89 bits per heavy atom. The summed E-state index contributed by atoms with van der Waals surface area (Å²) in [7, 11) is 0. The molecule has 6 nitrogen and oxygen atoms in total. The normalized spacial score (nSPS) is 15.8. The third-order valence-electron chi connectivity index (χ3n) is 4.18. The number of barbiturate groups is 1. The van der Waals surface area contributed by atoms with Gasteiger partial charge in [0.1, 0.15) is 11.3 Å². The van der Waals surface area contributed by atoms with Gasteiger partial charge < -0.3 is 4.74 Å². The van der Waals surface area contributed by atoms with Gasteiger partial charge in [-0.05, 0) is 49.2 Å². The molecule has 0 bridgehead atoms. The van der Waals surface area contributed by atoms with Crippen molar-refractivity contribution in [1.82, 2.24) is 5.32 Å². The van der Waals surface area contributed by atoms with E-state index < -0.39 is 17.8 Å². The number of hydrogen-bond donors (Lipinski definition) is 1. The van der Waals surface area contributed by atoms with Crippen molar-refractivity contribution < 1.29 is 19.1 Å². The van der Waals surface area contributed by atoms with Crippen molar-refractivity contribution in [3.63, 3.8) is 0 Å². The number of para-hydroxylation sites is 1. The van der Waals surface area contributed by atoms with Crippen LogP contribution >= 0.6 is 15.9 Å². The first-order chi connectivity index (χ1) is 13.4. The zero-order valence-corrected chi connectivity index (χ0v) is 17.1. The van der Waals surface area contributed by atoms with Crippen LogP contribution in [0.1, 0.15) is 24.5 Å². The summed E-state index contributed by atoms with van der Waals surface area (Å²) in [6.45, 7) is 4.29. The van der Waals surface area contributed by atoms with Crippen LogP contribution in [0.15, 0.2) is 52.5 Å². The zero-order valence-electron chi connectivity index (χ0n) is 15.5. The summed E-state index contributed by atoms with van der Waals surface area (Å²) in [6, 6.07) is 11.5. The number of nitrogens with one attached hydrogen (secondary N) is 1. The number of carbonyl (C=O) groups is 3. The van der Waals surface area contributed by atoms with Gasteiger partial charge in [-0.15, -0.1) is 0 Å². The van der Waals surface area contributed by atoms with E-state index in [4.69, 9.17) is 4.74 Å². The zero-order chi connectivity index (χ0) is 20.3. The van der Waals surface area contributed by atoms with Crippen LogP contribution in [0.4, 0.5) is 10.5 Å². The van der Waals surface area contributed by atoms with Crippen LogP contribution in [0, 0.1) is 6.92 Å². The number of hydrogen-bond acceptors (Lipinski definition) is 4.